The van der Waals surface area contributed by atoms with Crippen LogP contribution >= 0.6 is 0 Å². The summed E-state index contributed by atoms with van der Waals surface area (Å²) >= 11 is 0. The van der Waals surface area contributed by atoms with Crippen LogP contribution in [0.5, 0.6) is 0 Å². The minimum absolute atomic E-state index is 0.177. The van der Waals surface area contributed by atoms with E-state index in [0.29, 0.717) is 13.1 Å². The molecule has 2 N–H and O–H groups in total. The molecule has 1 amide bonds. The first-order chi connectivity index (χ1) is 14.7. The first kappa shape index (κ1) is 24.6. The molecule has 1 fully saturated rings. The van der Waals surface area contributed by atoms with E-state index in [9.17, 15) is 4.79 Å². The average molecular weight is 443 g/mol. The molecule has 2 aliphatic rings. The average Bonchev–Trinajstić information content (AvgIpc) is 2.76. The van der Waals surface area contributed by atoms with Crippen molar-refractivity contribution in [3.8, 4) is 0 Å². The molecule has 0 bridgehead atoms. The number of carbonyl (C=O) groups is 1. The summed E-state index contributed by atoms with van der Waals surface area (Å²) in [6.07, 6.45) is 2.33. The number of amides is 1. The quantitative estimate of drug-likeness (QED) is 0.627. The number of benzene rings is 1. The van der Waals surface area contributed by atoms with Crippen LogP contribution < -0.4 is 10.6 Å². The van der Waals surface area contributed by atoms with E-state index >= 15 is 0 Å². The van der Waals surface area contributed by atoms with E-state index in [-0.39, 0.29) is 22.6 Å². The number of amidine groups is 1. The van der Waals surface area contributed by atoms with Crippen molar-refractivity contribution in [3.63, 3.8) is 0 Å². The number of hydrogen-bond donors (Lipinski definition) is 2. The van der Waals surface area contributed by atoms with Crippen molar-refractivity contribution in [2.75, 3.05) is 18.4 Å². The summed E-state index contributed by atoms with van der Waals surface area (Å²) in [5.41, 5.74) is 1.53. The Morgan fingerprint density at radius 2 is 1.69 bits per heavy atom. The summed E-state index contributed by atoms with van der Waals surface area (Å²) in [4.78, 5) is 19.8. The van der Waals surface area contributed by atoms with Crippen LogP contribution in [-0.2, 0) is 11.3 Å². The molecule has 0 aromatic heterocycles. The van der Waals surface area contributed by atoms with E-state index in [1.54, 1.807) is 0 Å². The summed E-state index contributed by atoms with van der Waals surface area (Å²) in [6.45, 7) is 19.0. The molecule has 0 unspecified atom stereocenters. The maximum Gasteiger partial charge on any atom is 0.410 e. The molecule has 1 spiro atoms. The number of hydrogen-bond acceptors (Lipinski definition) is 4. The van der Waals surface area contributed by atoms with Gasteiger partial charge in [-0.2, -0.15) is 0 Å². The zero-order valence-corrected chi connectivity index (χ0v) is 21.3. The Hall–Kier alpha value is -2.08. The monoisotopic (exact) mass is 442 g/mol. The van der Waals surface area contributed by atoms with E-state index < -0.39 is 5.60 Å². The predicted octanol–water partition coefficient (Wildman–Crippen LogP) is 5.58. The topological polar surface area (TPSA) is 66.0 Å². The van der Waals surface area contributed by atoms with Crippen LogP contribution in [0.2, 0.25) is 0 Å². The number of aliphatic imine (C=N–C) groups is 1. The van der Waals surface area contributed by atoms with Gasteiger partial charge in [0, 0.05) is 25.3 Å². The molecule has 1 aromatic carbocycles. The van der Waals surface area contributed by atoms with Gasteiger partial charge in [0.1, 0.15) is 11.4 Å². The fourth-order valence-corrected chi connectivity index (χ4v) is 4.98. The van der Waals surface area contributed by atoms with E-state index in [1.807, 2.05) is 25.7 Å². The third-order valence-corrected chi connectivity index (χ3v) is 5.99. The number of piperidine rings is 1. The van der Waals surface area contributed by atoms with Gasteiger partial charge < -0.3 is 20.3 Å². The summed E-state index contributed by atoms with van der Waals surface area (Å²) in [6, 6.07) is 8.42. The number of nitrogens with zero attached hydrogens (tertiary/aromatic N) is 2. The van der Waals surface area contributed by atoms with Crippen molar-refractivity contribution in [1.82, 2.24) is 10.2 Å². The molecule has 178 valence electrons. The molecule has 1 aromatic rings. The van der Waals surface area contributed by atoms with Gasteiger partial charge in [-0.25, -0.2) is 4.79 Å². The van der Waals surface area contributed by atoms with Crippen LogP contribution in [0.25, 0.3) is 0 Å². The smallest absolute Gasteiger partial charge is 0.410 e. The summed E-state index contributed by atoms with van der Waals surface area (Å²) < 4.78 is 5.61. The third-order valence-electron chi connectivity index (χ3n) is 5.99. The van der Waals surface area contributed by atoms with Crippen LogP contribution in [0.1, 0.15) is 80.2 Å². The lowest BCUT2D eigenvalue weighted by Gasteiger charge is -2.43. The highest BCUT2D eigenvalue weighted by Crippen LogP contribution is 2.35. The first-order valence-corrected chi connectivity index (χ1v) is 11.9. The molecule has 6 nitrogen and oxygen atoms in total. The second kappa shape index (κ2) is 8.69. The number of fused-ring (bicyclic) bond motifs is 1. The Morgan fingerprint density at radius 1 is 1.06 bits per heavy atom. The standard InChI is InChI=1S/C26H42N4O2/c1-23(2,3)18-25(7,8)29-21-26(27-17-19-11-9-10-12-20(19)28-21)13-15-30(16-14-26)22(31)32-24(4,5)6/h9-12,27H,13-18H2,1-8H3,(H,28,29). The van der Waals surface area contributed by atoms with Gasteiger partial charge in [0.15, 0.2) is 0 Å². The maximum atomic E-state index is 12.6. The van der Waals surface area contributed by atoms with Gasteiger partial charge in [-0.15, -0.1) is 0 Å². The molecule has 2 aliphatic heterocycles. The van der Waals surface area contributed by atoms with Crippen molar-refractivity contribution >= 4 is 17.6 Å². The highest BCUT2D eigenvalue weighted by Gasteiger charge is 2.43. The SMILES string of the molecule is CC(C)(C)CC(C)(C)N=C1Nc2ccccc2CNC12CCN(C(=O)OC(C)(C)C)CC2. The summed E-state index contributed by atoms with van der Waals surface area (Å²) in [5.74, 6) is 0.987. The van der Waals surface area contributed by atoms with Crippen LogP contribution in [0.4, 0.5) is 10.5 Å². The van der Waals surface area contributed by atoms with Crippen molar-refractivity contribution in [2.45, 2.75) is 97.9 Å². The first-order valence-electron chi connectivity index (χ1n) is 11.9. The van der Waals surface area contributed by atoms with Crippen molar-refractivity contribution in [3.05, 3.63) is 29.8 Å². The summed E-state index contributed by atoms with van der Waals surface area (Å²) in [5, 5.41) is 7.52. The third kappa shape index (κ3) is 6.25. The lowest BCUT2D eigenvalue weighted by atomic mass is 9.81. The van der Waals surface area contributed by atoms with Crippen molar-refractivity contribution < 1.29 is 9.53 Å². The molecule has 0 aliphatic carbocycles. The Labute approximate surface area is 194 Å². The van der Waals surface area contributed by atoms with E-state index in [1.165, 1.54) is 5.56 Å². The predicted molar refractivity (Wildman–Crippen MR) is 132 cm³/mol. The highest BCUT2D eigenvalue weighted by molar-refractivity contribution is 6.04. The molecular formula is C26H42N4O2. The Bertz CT molecular complexity index is 853. The lowest BCUT2D eigenvalue weighted by Crippen LogP contribution is -2.60. The molecule has 3 rings (SSSR count). The van der Waals surface area contributed by atoms with Gasteiger partial charge in [-0.3, -0.25) is 4.99 Å². The van der Waals surface area contributed by atoms with E-state index in [2.05, 4.69) is 69.5 Å². The van der Waals surface area contributed by atoms with E-state index in [4.69, 9.17) is 9.73 Å². The number of para-hydroxylation sites is 1. The molecule has 2 heterocycles. The molecule has 0 atom stereocenters. The largest absolute Gasteiger partial charge is 0.444 e. The number of anilines is 1. The van der Waals surface area contributed by atoms with Crippen LogP contribution in [0.15, 0.2) is 29.3 Å². The van der Waals surface area contributed by atoms with Crippen molar-refractivity contribution in [1.29, 1.82) is 0 Å². The fourth-order valence-electron chi connectivity index (χ4n) is 4.98. The van der Waals surface area contributed by atoms with E-state index in [0.717, 1.165) is 37.3 Å². The summed E-state index contributed by atoms with van der Waals surface area (Å²) in [7, 11) is 0. The number of rotatable bonds is 2. The Balaban J connectivity index is 1.89. The van der Waals surface area contributed by atoms with Gasteiger partial charge in [0.2, 0.25) is 0 Å². The minimum atomic E-state index is -0.487. The van der Waals surface area contributed by atoms with Crippen molar-refractivity contribution in [2.24, 2.45) is 10.4 Å². The second-order valence-corrected chi connectivity index (χ2v) is 12.2. The molecule has 1 saturated heterocycles. The Kier molecular flexibility index (Phi) is 6.67. The van der Waals surface area contributed by atoms with Gasteiger partial charge in [-0.1, -0.05) is 39.0 Å². The van der Waals surface area contributed by atoms with Gasteiger partial charge in [0.25, 0.3) is 0 Å². The molecular weight excluding hydrogens is 400 g/mol. The number of likely N-dealkylation sites (tertiary alicyclic amines) is 1. The minimum Gasteiger partial charge on any atom is -0.444 e. The highest BCUT2D eigenvalue weighted by atomic mass is 16.6. The molecule has 0 saturated carbocycles. The second-order valence-electron chi connectivity index (χ2n) is 12.2. The zero-order valence-electron chi connectivity index (χ0n) is 21.3. The van der Waals surface area contributed by atoms with Gasteiger partial charge >= 0.3 is 6.09 Å². The maximum absolute atomic E-state index is 12.6. The zero-order chi connectivity index (χ0) is 23.8. The number of carbonyl (C=O) groups excluding carboxylic acids is 1. The number of nitrogens with one attached hydrogen (secondary N) is 2. The van der Waals surface area contributed by atoms with Crippen LogP contribution in [0.3, 0.4) is 0 Å². The Morgan fingerprint density at radius 3 is 2.28 bits per heavy atom. The van der Waals surface area contributed by atoms with Gasteiger partial charge in [-0.05, 0) is 70.9 Å². The molecule has 6 heteroatoms. The fraction of sp³-hybridized carbons (Fsp3) is 0.692. The van der Waals surface area contributed by atoms with Gasteiger partial charge in [0.05, 0.1) is 11.1 Å². The lowest BCUT2D eigenvalue weighted by molar-refractivity contribution is 0.0179. The number of ether oxygens (including phenoxy) is 1. The van der Waals surface area contributed by atoms with Crippen LogP contribution in [-0.4, -0.2) is 46.6 Å². The normalized spacial score (nSPS) is 20.5. The molecule has 0 radical (unpaired) electrons. The molecule has 32 heavy (non-hydrogen) atoms. The van der Waals surface area contributed by atoms with Crippen LogP contribution in [0, 0.1) is 5.41 Å².